The van der Waals surface area contributed by atoms with Crippen LogP contribution in [0.2, 0.25) is 0 Å². The molecule has 0 aromatic rings. The van der Waals surface area contributed by atoms with Gasteiger partial charge in [0.25, 0.3) is 0 Å². The Labute approximate surface area is 67.0 Å². The summed E-state index contributed by atoms with van der Waals surface area (Å²) in [6.45, 7) is 9.98. The second-order valence-corrected chi connectivity index (χ2v) is 2.49. The molecule has 0 atom stereocenters. The highest BCUT2D eigenvalue weighted by atomic mass is 13.9. The standard InChI is InChI=1S/C7H15.C3H7/c1-3-5-7-6-4-2;1-3-2/h1,3-7H2,2H3;3H,1-2H3. The average Bonchev–Trinajstić information content (AvgIpc) is 1.91. The molecule has 0 saturated carbocycles. The van der Waals surface area contributed by atoms with Crippen LogP contribution in [0, 0.1) is 13.3 Å². The molecule has 0 aromatic heterocycles. The third-order valence-electron chi connectivity index (χ3n) is 1.10. The minimum atomic E-state index is 1.11. The number of rotatable bonds is 4. The molecule has 0 aliphatic heterocycles. The van der Waals surface area contributed by atoms with Crippen molar-refractivity contribution in [2.24, 2.45) is 0 Å². The van der Waals surface area contributed by atoms with E-state index in [4.69, 9.17) is 0 Å². The van der Waals surface area contributed by atoms with Gasteiger partial charge in [0.05, 0.1) is 0 Å². The zero-order valence-corrected chi connectivity index (χ0v) is 7.82. The molecule has 0 saturated heterocycles. The van der Waals surface area contributed by atoms with Gasteiger partial charge in [-0.2, -0.15) is 0 Å². The Hall–Kier alpha value is 0. The van der Waals surface area contributed by atoms with Crippen LogP contribution >= 0.6 is 0 Å². The second-order valence-electron chi connectivity index (χ2n) is 2.49. The van der Waals surface area contributed by atoms with E-state index in [1.807, 2.05) is 20.3 Å². The average molecular weight is 142 g/mol. The van der Waals surface area contributed by atoms with Gasteiger partial charge in [0.1, 0.15) is 0 Å². The predicted octanol–water partition coefficient (Wildman–Crippen LogP) is 4.02. The molecule has 0 spiro atoms. The van der Waals surface area contributed by atoms with Gasteiger partial charge in [0.15, 0.2) is 0 Å². The lowest BCUT2D eigenvalue weighted by Gasteiger charge is -1.90. The van der Waals surface area contributed by atoms with Gasteiger partial charge >= 0.3 is 0 Å². The van der Waals surface area contributed by atoms with Crippen molar-refractivity contribution in [2.45, 2.75) is 52.9 Å². The molecule has 0 heteroatoms. The Morgan fingerprint density at radius 2 is 1.60 bits per heavy atom. The second kappa shape index (κ2) is 16.0. The fourth-order valence-electron chi connectivity index (χ4n) is 0.604. The zero-order chi connectivity index (χ0) is 8.24. The Morgan fingerprint density at radius 3 is 1.90 bits per heavy atom. The molecule has 0 heterocycles. The van der Waals surface area contributed by atoms with Gasteiger partial charge in [-0.15, -0.1) is 0 Å². The molecule has 0 amide bonds. The van der Waals surface area contributed by atoms with Gasteiger partial charge in [0.2, 0.25) is 0 Å². The molecule has 62 valence electrons. The summed E-state index contributed by atoms with van der Waals surface area (Å²) in [6, 6.07) is 0. The van der Waals surface area contributed by atoms with E-state index in [-0.39, 0.29) is 0 Å². The van der Waals surface area contributed by atoms with Crippen LogP contribution < -0.4 is 0 Å². The fourth-order valence-corrected chi connectivity index (χ4v) is 0.604. The quantitative estimate of drug-likeness (QED) is 0.520. The summed E-state index contributed by atoms with van der Waals surface area (Å²) in [5, 5.41) is 0. The smallest absolute Gasteiger partial charge is 0.0448 e. The van der Waals surface area contributed by atoms with Crippen molar-refractivity contribution in [1.82, 2.24) is 0 Å². The van der Waals surface area contributed by atoms with E-state index in [9.17, 15) is 0 Å². The Balaban J connectivity index is 0. The molecule has 0 unspecified atom stereocenters. The van der Waals surface area contributed by atoms with Crippen molar-refractivity contribution >= 4 is 0 Å². The maximum absolute atomic E-state index is 3.76. The van der Waals surface area contributed by atoms with Gasteiger partial charge in [-0.1, -0.05) is 59.8 Å². The monoisotopic (exact) mass is 142 g/mol. The summed E-state index contributed by atoms with van der Waals surface area (Å²) in [5.74, 6) is 0. The molecule has 0 N–H and O–H groups in total. The summed E-state index contributed by atoms with van der Waals surface area (Å²) in [4.78, 5) is 0. The molecular formula is C10H22. The van der Waals surface area contributed by atoms with Crippen molar-refractivity contribution in [1.29, 1.82) is 0 Å². The number of hydrogen-bond donors (Lipinski definition) is 0. The first-order chi connectivity index (χ1) is 4.83. The van der Waals surface area contributed by atoms with Crippen molar-refractivity contribution in [2.75, 3.05) is 0 Å². The fraction of sp³-hybridized carbons (Fsp3) is 0.800. The molecule has 0 aromatic carbocycles. The van der Waals surface area contributed by atoms with Crippen LogP contribution in [0.15, 0.2) is 0 Å². The normalized spacial score (nSPS) is 8.40. The van der Waals surface area contributed by atoms with Crippen molar-refractivity contribution in [3.63, 3.8) is 0 Å². The lowest BCUT2D eigenvalue weighted by atomic mass is 10.2. The highest BCUT2D eigenvalue weighted by Crippen LogP contribution is 1.99. The molecule has 0 nitrogen and oxygen atoms in total. The number of hydrogen-bond acceptors (Lipinski definition) is 0. The summed E-state index contributed by atoms with van der Waals surface area (Å²) in [5.41, 5.74) is 0. The van der Waals surface area contributed by atoms with Crippen LogP contribution in [0.3, 0.4) is 0 Å². The summed E-state index contributed by atoms with van der Waals surface area (Å²) >= 11 is 0. The lowest BCUT2D eigenvalue weighted by molar-refractivity contribution is 0.673. The first-order valence-electron chi connectivity index (χ1n) is 4.36. The van der Waals surface area contributed by atoms with Gasteiger partial charge in [0, 0.05) is 0 Å². The summed E-state index contributed by atoms with van der Waals surface area (Å²) < 4.78 is 0. The van der Waals surface area contributed by atoms with Gasteiger partial charge < -0.3 is 0 Å². The van der Waals surface area contributed by atoms with Crippen LogP contribution in [-0.2, 0) is 0 Å². The van der Waals surface area contributed by atoms with Gasteiger partial charge in [-0.3, -0.25) is 0 Å². The topological polar surface area (TPSA) is 0 Å². The van der Waals surface area contributed by atoms with Crippen LogP contribution in [0.5, 0.6) is 0 Å². The van der Waals surface area contributed by atoms with E-state index in [1.165, 1.54) is 25.7 Å². The Bertz CT molecular complexity index is 27.0. The van der Waals surface area contributed by atoms with Crippen LogP contribution in [-0.4, -0.2) is 0 Å². The highest BCUT2D eigenvalue weighted by molar-refractivity contribution is 4.41. The first-order valence-corrected chi connectivity index (χ1v) is 4.36. The summed E-state index contributed by atoms with van der Waals surface area (Å²) in [7, 11) is 0. The molecule has 0 fully saturated rings. The van der Waals surface area contributed by atoms with E-state index in [1.54, 1.807) is 0 Å². The van der Waals surface area contributed by atoms with Crippen molar-refractivity contribution < 1.29 is 0 Å². The lowest BCUT2D eigenvalue weighted by Crippen LogP contribution is -1.71. The minimum Gasteiger partial charge on any atom is -0.0654 e. The van der Waals surface area contributed by atoms with Gasteiger partial charge in [-0.25, -0.2) is 0 Å². The number of unbranched alkanes of at least 4 members (excludes halogenated alkanes) is 4. The third kappa shape index (κ3) is 24.5. The first kappa shape index (κ1) is 12.7. The van der Waals surface area contributed by atoms with E-state index in [0.29, 0.717) is 0 Å². The van der Waals surface area contributed by atoms with Crippen LogP contribution in [0.4, 0.5) is 0 Å². The van der Waals surface area contributed by atoms with E-state index in [0.717, 1.165) is 6.42 Å². The van der Waals surface area contributed by atoms with E-state index in [2.05, 4.69) is 13.8 Å². The molecule has 0 aliphatic carbocycles. The van der Waals surface area contributed by atoms with Crippen molar-refractivity contribution in [3.05, 3.63) is 13.3 Å². The van der Waals surface area contributed by atoms with Crippen molar-refractivity contribution in [3.8, 4) is 0 Å². The third-order valence-corrected chi connectivity index (χ3v) is 1.10. The minimum absolute atomic E-state index is 1.11. The highest BCUT2D eigenvalue weighted by Gasteiger charge is 1.80. The molecular weight excluding hydrogens is 120 g/mol. The molecule has 0 rings (SSSR count). The summed E-state index contributed by atoms with van der Waals surface area (Å²) in [6.07, 6.45) is 8.52. The Morgan fingerprint density at radius 1 is 1.10 bits per heavy atom. The molecule has 0 aliphatic rings. The van der Waals surface area contributed by atoms with Crippen LogP contribution in [0.1, 0.15) is 52.9 Å². The molecule has 10 heavy (non-hydrogen) atoms. The predicted molar refractivity (Wildman–Crippen MR) is 49.8 cm³/mol. The SMILES string of the molecule is C[CH]C.[CH2]CCCCCC. The molecule has 0 bridgehead atoms. The maximum Gasteiger partial charge on any atom is -0.0448 e. The Kier molecular flexibility index (Phi) is 20.2. The van der Waals surface area contributed by atoms with E-state index < -0.39 is 0 Å². The van der Waals surface area contributed by atoms with Crippen LogP contribution in [0.25, 0.3) is 0 Å². The maximum atomic E-state index is 3.76. The largest absolute Gasteiger partial charge is 0.0654 e. The zero-order valence-electron chi connectivity index (χ0n) is 7.82. The molecule has 2 radical (unpaired) electrons. The van der Waals surface area contributed by atoms with E-state index >= 15 is 0 Å². The van der Waals surface area contributed by atoms with Gasteiger partial charge in [-0.05, 0) is 6.42 Å².